The van der Waals surface area contributed by atoms with E-state index < -0.39 is 0 Å². The number of aliphatic hydroxyl groups is 1. The van der Waals surface area contributed by atoms with Crippen molar-refractivity contribution in [2.24, 2.45) is 5.92 Å². The van der Waals surface area contributed by atoms with Crippen LogP contribution in [0, 0.1) is 16.0 Å². The van der Waals surface area contributed by atoms with Gasteiger partial charge in [0.15, 0.2) is 0 Å². The molecule has 1 aromatic carbocycles. The monoisotopic (exact) mass is 327 g/mol. The molecule has 19 heavy (non-hydrogen) atoms. The van der Waals surface area contributed by atoms with E-state index >= 15 is 0 Å². The highest BCUT2D eigenvalue weighted by molar-refractivity contribution is 9.10. The molecule has 0 unspecified atom stereocenters. The van der Waals surface area contributed by atoms with Gasteiger partial charge in [0.25, 0.3) is 0 Å². The first kappa shape index (κ1) is 15.9. The molecule has 0 aliphatic rings. The molecule has 0 radical (unpaired) electrons. The molecule has 0 aromatic heterocycles. The summed E-state index contributed by atoms with van der Waals surface area (Å²) >= 11 is 3.43. The SMILES string of the molecule is CC(C)=C[C@@H](CO)[C@H](C[N+](=O)[O-])c1ccccc1Br. The number of nitro groups is 1. The first-order valence-corrected chi connectivity index (χ1v) is 6.87. The number of nitrogens with zero attached hydrogens (tertiary/aromatic N) is 1. The lowest BCUT2D eigenvalue weighted by Crippen LogP contribution is -2.23. The normalized spacial score (nSPS) is 13.7. The molecule has 0 fully saturated rings. The van der Waals surface area contributed by atoms with E-state index in [9.17, 15) is 15.2 Å². The van der Waals surface area contributed by atoms with E-state index in [1.807, 2.05) is 44.2 Å². The van der Waals surface area contributed by atoms with Crippen LogP contribution in [0.1, 0.15) is 25.3 Å². The summed E-state index contributed by atoms with van der Waals surface area (Å²) < 4.78 is 0.836. The van der Waals surface area contributed by atoms with Gasteiger partial charge >= 0.3 is 0 Å². The maximum atomic E-state index is 10.9. The Morgan fingerprint density at radius 3 is 2.58 bits per heavy atom. The van der Waals surface area contributed by atoms with Crippen LogP contribution < -0.4 is 0 Å². The fourth-order valence-electron chi connectivity index (χ4n) is 2.13. The molecule has 0 bridgehead atoms. The Balaban J connectivity index is 3.17. The van der Waals surface area contributed by atoms with Crippen LogP contribution in [0.15, 0.2) is 40.4 Å². The van der Waals surface area contributed by atoms with E-state index in [4.69, 9.17) is 0 Å². The zero-order valence-corrected chi connectivity index (χ0v) is 12.6. The molecule has 1 N–H and O–H groups in total. The van der Waals surface area contributed by atoms with Gasteiger partial charge in [0.05, 0.1) is 12.5 Å². The molecule has 0 saturated heterocycles. The Kier molecular flexibility index (Phi) is 6.18. The van der Waals surface area contributed by atoms with E-state index in [-0.39, 0.29) is 29.9 Å². The third-order valence-corrected chi connectivity index (χ3v) is 3.65. The second-order valence-corrected chi connectivity index (χ2v) is 5.59. The first-order valence-electron chi connectivity index (χ1n) is 6.07. The maximum Gasteiger partial charge on any atom is 0.211 e. The molecule has 0 saturated carbocycles. The predicted octanol–water partition coefficient (Wildman–Crippen LogP) is 3.38. The lowest BCUT2D eigenvalue weighted by Gasteiger charge is -2.21. The molecule has 0 heterocycles. The summed E-state index contributed by atoms with van der Waals surface area (Å²) in [5.74, 6) is -0.598. The minimum absolute atomic E-state index is 0.106. The van der Waals surface area contributed by atoms with Gasteiger partial charge in [-0.15, -0.1) is 0 Å². The van der Waals surface area contributed by atoms with Crippen molar-refractivity contribution in [1.82, 2.24) is 0 Å². The van der Waals surface area contributed by atoms with Crippen LogP contribution in [0.2, 0.25) is 0 Å². The molecule has 4 nitrogen and oxygen atoms in total. The highest BCUT2D eigenvalue weighted by Gasteiger charge is 2.27. The Bertz CT molecular complexity index is 470. The number of aliphatic hydroxyl groups excluding tert-OH is 1. The highest BCUT2D eigenvalue weighted by atomic mass is 79.9. The molecular formula is C14H18BrNO3. The van der Waals surface area contributed by atoms with Crippen molar-refractivity contribution in [2.45, 2.75) is 19.8 Å². The second-order valence-electron chi connectivity index (χ2n) is 4.73. The van der Waals surface area contributed by atoms with E-state index in [1.54, 1.807) is 0 Å². The van der Waals surface area contributed by atoms with Crippen molar-refractivity contribution in [1.29, 1.82) is 0 Å². The van der Waals surface area contributed by atoms with Gasteiger partial charge in [0.1, 0.15) is 0 Å². The summed E-state index contributed by atoms with van der Waals surface area (Å²) in [5.41, 5.74) is 1.90. The molecular weight excluding hydrogens is 310 g/mol. The van der Waals surface area contributed by atoms with E-state index in [0.717, 1.165) is 15.6 Å². The van der Waals surface area contributed by atoms with Crippen LogP contribution in [0.25, 0.3) is 0 Å². The van der Waals surface area contributed by atoms with E-state index in [0.29, 0.717) is 0 Å². The number of allylic oxidation sites excluding steroid dienone is 1. The van der Waals surface area contributed by atoms with Crippen molar-refractivity contribution >= 4 is 15.9 Å². The van der Waals surface area contributed by atoms with Crippen molar-refractivity contribution in [3.05, 3.63) is 56.1 Å². The maximum absolute atomic E-state index is 10.9. The van der Waals surface area contributed by atoms with Crippen LogP contribution in [0.4, 0.5) is 0 Å². The fraction of sp³-hybridized carbons (Fsp3) is 0.429. The van der Waals surface area contributed by atoms with Crippen LogP contribution >= 0.6 is 15.9 Å². The Morgan fingerprint density at radius 2 is 2.11 bits per heavy atom. The van der Waals surface area contributed by atoms with Gasteiger partial charge in [-0.25, -0.2) is 0 Å². The van der Waals surface area contributed by atoms with Gasteiger partial charge < -0.3 is 5.11 Å². The van der Waals surface area contributed by atoms with Crippen LogP contribution in [0.3, 0.4) is 0 Å². The van der Waals surface area contributed by atoms with Crippen LogP contribution in [-0.4, -0.2) is 23.2 Å². The molecule has 2 atom stereocenters. The first-order chi connectivity index (χ1) is 8.95. The molecule has 104 valence electrons. The van der Waals surface area contributed by atoms with E-state index in [2.05, 4.69) is 15.9 Å². The molecule has 0 spiro atoms. The minimum Gasteiger partial charge on any atom is -0.396 e. The van der Waals surface area contributed by atoms with Gasteiger partial charge in [-0.05, 0) is 25.5 Å². The number of hydrogen-bond donors (Lipinski definition) is 1. The van der Waals surface area contributed by atoms with E-state index in [1.165, 1.54) is 0 Å². The smallest absolute Gasteiger partial charge is 0.211 e. The molecule has 1 aromatic rings. The number of rotatable bonds is 6. The van der Waals surface area contributed by atoms with Gasteiger partial charge in [-0.3, -0.25) is 10.1 Å². The van der Waals surface area contributed by atoms with Crippen LogP contribution in [-0.2, 0) is 0 Å². The summed E-state index contributed by atoms with van der Waals surface area (Å²) in [6.07, 6.45) is 1.90. The highest BCUT2D eigenvalue weighted by Crippen LogP contribution is 2.32. The lowest BCUT2D eigenvalue weighted by atomic mass is 9.85. The Hall–Kier alpha value is -1.20. The average Bonchev–Trinajstić information content (AvgIpc) is 2.34. The Morgan fingerprint density at radius 1 is 1.47 bits per heavy atom. The quantitative estimate of drug-likeness (QED) is 0.495. The standard InChI is InChI=1S/C14H18BrNO3/c1-10(2)7-11(9-17)13(8-16(18)19)12-5-3-4-6-14(12)15/h3-7,11,13,17H,8-9H2,1-2H3/t11-,13-/m0/s1. The van der Waals surface area contributed by atoms with Gasteiger partial charge in [-0.2, -0.15) is 0 Å². The third-order valence-electron chi connectivity index (χ3n) is 2.93. The lowest BCUT2D eigenvalue weighted by molar-refractivity contribution is -0.484. The number of benzene rings is 1. The molecule has 1 rings (SSSR count). The zero-order chi connectivity index (χ0) is 14.4. The van der Waals surface area contributed by atoms with Gasteiger partial charge in [-0.1, -0.05) is 45.8 Å². The Labute approximate surface area is 121 Å². The minimum atomic E-state index is -0.342. The third kappa shape index (κ3) is 4.76. The summed E-state index contributed by atoms with van der Waals surface area (Å²) in [6.45, 7) is 3.54. The number of halogens is 1. The number of hydrogen-bond acceptors (Lipinski definition) is 3. The van der Waals surface area contributed by atoms with Crippen molar-refractivity contribution in [2.75, 3.05) is 13.2 Å². The molecule has 5 heteroatoms. The second kappa shape index (κ2) is 7.40. The van der Waals surface area contributed by atoms with Crippen molar-refractivity contribution in [3.63, 3.8) is 0 Å². The summed E-state index contributed by atoms with van der Waals surface area (Å²) in [6, 6.07) is 7.44. The average molecular weight is 328 g/mol. The zero-order valence-electron chi connectivity index (χ0n) is 11.0. The molecule has 0 aliphatic carbocycles. The van der Waals surface area contributed by atoms with Crippen molar-refractivity contribution < 1.29 is 10.0 Å². The topological polar surface area (TPSA) is 63.4 Å². The van der Waals surface area contributed by atoms with Crippen molar-refractivity contribution in [3.8, 4) is 0 Å². The summed E-state index contributed by atoms with van der Waals surface area (Å²) in [7, 11) is 0. The largest absolute Gasteiger partial charge is 0.396 e. The molecule has 0 aliphatic heterocycles. The predicted molar refractivity (Wildman–Crippen MR) is 78.8 cm³/mol. The summed E-state index contributed by atoms with van der Waals surface area (Å²) in [4.78, 5) is 10.6. The molecule has 0 amide bonds. The van der Waals surface area contributed by atoms with Gasteiger partial charge in [0, 0.05) is 15.3 Å². The fourth-order valence-corrected chi connectivity index (χ4v) is 2.70. The van der Waals surface area contributed by atoms with Crippen LogP contribution in [0.5, 0.6) is 0 Å². The van der Waals surface area contributed by atoms with Gasteiger partial charge in [0.2, 0.25) is 6.54 Å². The summed E-state index contributed by atoms with van der Waals surface area (Å²) in [5, 5.41) is 20.4.